The van der Waals surface area contributed by atoms with Crippen molar-refractivity contribution in [2.75, 3.05) is 6.61 Å². The smallest absolute Gasteiger partial charge is 0.215 e. The van der Waals surface area contributed by atoms with E-state index >= 15 is 0 Å². The molecule has 0 fully saturated rings. The Bertz CT molecular complexity index is 561. The highest BCUT2D eigenvalue weighted by atomic mass is 17.2. The Kier molecular flexibility index (Phi) is 4.99. The molecule has 4 nitrogen and oxygen atoms in total. The summed E-state index contributed by atoms with van der Waals surface area (Å²) in [5.74, 6) is 1.28. The molecule has 1 unspecified atom stereocenters. The maximum absolute atomic E-state index is 9.10. The second-order valence-electron chi connectivity index (χ2n) is 4.00. The van der Waals surface area contributed by atoms with Gasteiger partial charge in [-0.15, -0.1) is 0 Å². The molecule has 0 aliphatic carbocycles. The zero-order valence-electron chi connectivity index (χ0n) is 11.2. The third kappa shape index (κ3) is 3.74. The van der Waals surface area contributed by atoms with E-state index in [1.54, 1.807) is 24.3 Å². The topological polar surface area (TPSA) is 51.5 Å². The van der Waals surface area contributed by atoms with Gasteiger partial charge in [0.15, 0.2) is 5.75 Å². The van der Waals surface area contributed by atoms with Gasteiger partial charge in [0.1, 0.15) is 11.8 Å². The molecular weight excluding hydrogens is 254 g/mol. The van der Waals surface area contributed by atoms with E-state index in [0.29, 0.717) is 12.4 Å². The second-order valence-corrected chi connectivity index (χ2v) is 4.00. The maximum atomic E-state index is 9.10. The Balaban J connectivity index is 1.95. The summed E-state index contributed by atoms with van der Waals surface area (Å²) in [4.78, 5) is 10.3. The first kappa shape index (κ1) is 13.9. The summed E-state index contributed by atoms with van der Waals surface area (Å²) in [7, 11) is 0. The molecule has 0 heterocycles. The Labute approximate surface area is 118 Å². The minimum absolute atomic E-state index is 0.518. The van der Waals surface area contributed by atoms with Crippen LogP contribution in [0.3, 0.4) is 0 Å². The molecule has 0 bridgehead atoms. The molecule has 0 saturated carbocycles. The summed E-state index contributed by atoms with van der Waals surface area (Å²) in [5.41, 5.74) is 0.751. The van der Waals surface area contributed by atoms with Crippen LogP contribution in [0.4, 0.5) is 0 Å². The first-order chi connectivity index (χ1) is 9.83. The van der Waals surface area contributed by atoms with Gasteiger partial charge in [-0.2, -0.15) is 10.1 Å². The van der Waals surface area contributed by atoms with Gasteiger partial charge < -0.3 is 9.62 Å². The van der Waals surface area contributed by atoms with E-state index in [1.165, 1.54) is 0 Å². The average molecular weight is 269 g/mol. The summed E-state index contributed by atoms with van der Waals surface area (Å²) in [6.07, 6.45) is -0.761. The molecule has 0 amide bonds. The number of hydrogen-bond donors (Lipinski definition) is 0. The number of benzene rings is 2. The van der Waals surface area contributed by atoms with Crippen LogP contribution in [0.5, 0.6) is 11.5 Å². The van der Waals surface area contributed by atoms with Gasteiger partial charge in [0.25, 0.3) is 0 Å². The molecule has 4 heteroatoms. The van der Waals surface area contributed by atoms with Crippen LogP contribution in [-0.2, 0) is 4.89 Å². The first-order valence-electron chi connectivity index (χ1n) is 6.34. The van der Waals surface area contributed by atoms with E-state index in [2.05, 4.69) is 0 Å². The summed E-state index contributed by atoms with van der Waals surface area (Å²) in [5, 5.41) is 9.10. The average Bonchev–Trinajstić information content (AvgIpc) is 2.51. The van der Waals surface area contributed by atoms with Gasteiger partial charge in [-0.05, 0) is 36.8 Å². The molecule has 0 radical (unpaired) electrons. The number of nitriles is 1. The third-order valence-electron chi connectivity index (χ3n) is 2.59. The van der Waals surface area contributed by atoms with Gasteiger partial charge in [0.05, 0.1) is 6.61 Å². The lowest BCUT2D eigenvalue weighted by Crippen LogP contribution is -2.05. The van der Waals surface area contributed by atoms with Crippen LogP contribution in [0.25, 0.3) is 0 Å². The Morgan fingerprint density at radius 1 is 1.00 bits per heavy atom. The van der Waals surface area contributed by atoms with E-state index in [-0.39, 0.29) is 0 Å². The van der Waals surface area contributed by atoms with Gasteiger partial charge in [-0.1, -0.05) is 30.3 Å². The molecular formula is C16H15NO3. The largest absolute Gasteiger partial charge is 0.494 e. The number of ether oxygens (including phenoxy) is 1. The molecule has 2 aromatic rings. The van der Waals surface area contributed by atoms with Crippen molar-refractivity contribution in [3.8, 4) is 17.6 Å². The molecule has 0 aliphatic rings. The first-order valence-corrected chi connectivity index (χ1v) is 6.34. The molecule has 1 atom stereocenters. The highest BCUT2D eigenvalue weighted by Gasteiger charge is 2.12. The highest BCUT2D eigenvalue weighted by Crippen LogP contribution is 2.21. The molecule has 2 aromatic carbocycles. The van der Waals surface area contributed by atoms with Crippen molar-refractivity contribution in [3.63, 3.8) is 0 Å². The van der Waals surface area contributed by atoms with Crippen LogP contribution in [0.15, 0.2) is 54.6 Å². The molecule has 20 heavy (non-hydrogen) atoms. The quantitative estimate of drug-likeness (QED) is 0.593. The van der Waals surface area contributed by atoms with Crippen molar-refractivity contribution in [1.29, 1.82) is 5.26 Å². The number of rotatable bonds is 6. The Hall–Kier alpha value is -2.51. The molecule has 2 rings (SSSR count). The lowest BCUT2D eigenvalue weighted by atomic mass is 10.1. The number of nitrogens with zero attached hydrogens (tertiary/aromatic N) is 1. The van der Waals surface area contributed by atoms with Crippen LogP contribution in [0.2, 0.25) is 0 Å². The van der Waals surface area contributed by atoms with E-state index in [9.17, 15) is 0 Å². The van der Waals surface area contributed by atoms with Crippen molar-refractivity contribution >= 4 is 0 Å². The van der Waals surface area contributed by atoms with E-state index in [1.807, 2.05) is 43.3 Å². The van der Waals surface area contributed by atoms with Crippen LogP contribution in [-0.4, -0.2) is 6.61 Å². The maximum Gasteiger partial charge on any atom is 0.215 e. The van der Waals surface area contributed by atoms with Gasteiger partial charge in [-0.3, -0.25) is 0 Å². The Morgan fingerprint density at radius 3 is 2.25 bits per heavy atom. The fraction of sp³-hybridized carbons (Fsp3) is 0.188. The van der Waals surface area contributed by atoms with Crippen molar-refractivity contribution in [2.45, 2.75) is 13.0 Å². The molecule has 0 aromatic heterocycles. The fourth-order valence-corrected chi connectivity index (χ4v) is 1.64. The second kappa shape index (κ2) is 7.17. The monoisotopic (exact) mass is 269 g/mol. The summed E-state index contributed by atoms with van der Waals surface area (Å²) < 4.78 is 5.33. The van der Waals surface area contributed by atoms with Crippen molar-refractivity contribution in [2.24, 2.45) is 0 Å². The summed E-state index contributed by atoms with van der Waals surface area (Å²) in [6, 6.07) is 18.3. The van der Waals surface area contributed by atoms with Crippen molar-refractivity contribution in [1.82, 2.24) is 0 Å². The highest BCUT2D eigenvalue weighted by molar-refractivity contribution is 5.31. The van der Waals surface area contributed by atoms with Crippen LogP contribution in [0, 0.1) is 11.3 Å². The normalized spacial score (nSPS) is 11.4. The lowest BCUT2D eigenvalue weighted by molar-refractivity contribution is -0.231. The molecule has 0 aliphatic heterocycles. The molecule has 0 spiro atoms. The molecule has 0 saturated heterocycles. The summed E-state index contributed by atoms with van der Waals surface area (Å²) >= 11 is 0. The zero-order chi connectivity index (χ0) is 14.2. The van der Waals surface area contributed by atoms with Gasteiger partial charge in [0.2, 0.25) is 6.10 Å². The van der Waals surface area contributed by atoms with Crippen LogP contribution < -0.4 is 9.62 Å². The van der Waals surface area contributed by atoms with Crippen LogP contribution >= 0.6 is 0 Å². The summed E-state index contributed by atoms with van der Waals surface area (Å²) in [6.45, 7) is 2.53. The van der Waals surface area contributed by atoms with E-state index in [4.69, 9.17) is 19.8 Å². The molecule has 0 N–H and O–H groups in total. The minimum atomic E-state index is -0.761. The third-order valence-corrected chi connectivity index (χ3v) is 2.59. The van der Waals surface area contributed by atoms with Gasteiger partial charge in [0, 0.05) is 0 Å². The van der Waals surface area contributed by atoms with E-state index in [0.717, 1.165) is 11.3 Å². The zero-order valence-corrected chi connectivity index (χ0v) is 11.2. The number of hydrogen-bond acceptors (Lipinski definition) is 4. The lowest BCUT2D eigenvalue weighted by Gasteiger charge is -2.10. The van der Waals surface area contributed by atoms with Gasteiger partial charge >= 0.3 is 0 Å². The fourth-order valence-electron chi connectivity index (χ4n) is 1.64. The predicted octanol–water partition coefficient (Wildman–Crippen LogP) is 3.66. The van der Waals surface area contributed by atoms with Gasteiger partial charge in [-0.25, -0.2) is 0 Å². The Morgan fingerprint density at radius 2 is 1.65 bits per heavy atom. The van der Waals surface area contributed by atoms with E-state index < -0.39 is 6.10 Å². The van der Waals surface area contributed by atoms with Crippen LogP contribution in [0.1, 0.15) is 18.6 Å². The predicted molar refractivity (Wildman–Crippen MR) is 74.1 cm³/mol. The van der Waals surface area contributed by atoms with Crippen molar-refractivity contribution < 1.29 is 14.5 Å². The standard InChI is InChI=1S/C16H15NO3/c1-2-18-14-8-10-15(11-9-14)19-20-16(12-17)13-6-4-3-5-7-13/h3-11,16H,2H2,1H3. The van der Waals surface area contributed by atoms with Crippen molar-refractivity contribution in [3.05, 3.63) is 60.2 Å². The molecule has 102 valence electrons. The SMILES string of the molecule is CCOc1ccc(OOC(C#N)c2ccccc2)cc1. The minimum Gasteiger partial charge on any atom is -0.494 e.